The number of hydrogen-bond acceptors (Lipinski definition) is 4. The zero-order chi connectivity index (χ0) is 14.1. The summed E-state index contributed by atoms with van der Waals surface area (Å²) in [5.74, 6) is 0.327. The van der Waals surface area contributed by atoms with E-state index < -0.39 is 6.03 Å². The van der Waals surface area contributed by atoms with E-state index in [1.165, 1.54) is 6.42 Å². The summed E-state index contributed by atoms with van der Waals surface area (Å²) in [5.41, 5.74) is 0. The molecule has 0 radical (unpaired) electrons. The van der Waals surface area contributed by atoms with Gasteiger partial charge in [0.1, 0.15) is 0 Å². The van der Waals surface area contributed by atoms with Gasteiger partial charge in [-0.25, -0.2) is 4.79 Å². The summed E-state index contributed by atoms with van der Waals surface area (Å²) < 4.78 is 0. The molecule has 0 aromatic heterocycles. The van der Waals surface area contributed by atoms with Gasteiger partial charge in [0.05, 0.1) is 6.54 Å². The monoisotopic (exact) mass is 268 g/mol. The van der Waals surface area contributed by atoms with E-state index in [-0.39, 0.29) is 12.5 Å². The SMILES string of the molecule is C=CCNC(=O)NC(=O)CN1CCCC(CNC)C1. The second-order valence-corrected chi connectivity index (χ2v) is 4.85. The van der Waals surface area contributed by atoms with Gasteiger partial charge in [-0.3, -0.25) is 15.0 Å². The second kappa shape index (κ2) is 8.66. The number of hydrogen-bond donors (Lipinski definition) is 3. The molecular weight excluding hydrogens is 244 g/mol. The minimum atomic E-state index is -0.464. The Morgan fingerprint density at radius 2 is 2.26 bits per heavy atom. The van der Waals surface area contributed by atoms with Crippen LogP contribution < -0.4 is 16.0 Å². The fourth-order valence-corrected chi connectivity index (χ4v) is 2.33. The van der Waals surface area contributed by atoms with E-state index in [2.05, 4.69) is 27.4 Å². The Morgan fingerprint density at radius 3 is 2.95 bits per heavy atom. The first kappa shape index (κ1) is 15.7. The Hall–Kier alpha value is -1.40. The normalized spacial score (nSPS) is 19.7. The highest BCUT2D eigenvalue weighted by molar-refractivity contribution is 5.95. The van der Waals surface area contributed by atoms with Gasteiger partial charge < -0.3 is 10.6 Å². The zero-order valence-electron chi connectivity index (χ0n) is 11.6. The molecule has 1 unspecified atom stereocenters. The van der Waals surface area contributed by atoms with Crippen molar-refractivity contribution in [3.63, 3.8) is 0 Å². The van der Waals surface area contributed by atoms with Crippen LogP contribution in [0.3, 0.4) is 0 Å². The number of nitrogens with one attached hydrogen (secondary N) is 3. The number of urea groups is 1. The van der Waals surface area contributed by atoms with Crippen molar-refractivity contribution in [2.45, 2.75) is 12.8 Å². The summed E-state index contributed by atoms with van der Waals surface area (Å²) >= 11 is 0. The van der Waals surface area contributed by atoms with Crippen molar-refractivity contribution in [2.75, 3.05) is 39.8 Å². The third kappa shape index (κ3) is 6.35. The maximum Gasteiger partial charge on any atom is 0.321 e. The van der Waals surface area contributed by atoms with E-state index >= 15 is 0 Å². The molecule has 1 saturated heterocycles. The summed E-state index contributed by atoms with van der Waals surface area (Å²) in [6.45, 7) is 6.92. The third-order valence-electron chi connectivity index (χ3n) is 3.12. The minimum Gasteiger partial charge on any atom is -0.334 e. The van der Waals surface area contributed by atoms with Crippen LogP contribution in [0.25, 0.3) is 0 Å². The van der Waals surface area contributed by atoms with Crippen molar-refractivity contribution < 1.29 is 9.59 Å². The third-order valence-corrected chi connectivity index (χ3v) is 3.12. The Bertz CT molecular complexity index is 318. The lowest BCUT2D eigenvalue weighted by molar-refractivity contribution is -0.121. The predicted molar refractivity (Wildman–Crippen MR) is 74.8 cm³/mol. The van der Waals surface area contributed by atoms with Crippen LogP contribution in [-0.4, -0.2) is 56.6 Å². The maximum atomic E-state index is 11.7. The van der Waals surface area contributed by atoms with Gasteiger partial charge >= 0.3 is 6.03 Å². The van der Waals surface area contributed by atoms with Crippen LogP contribution in [0.1, 0.15) is 12.8 Å². The molecule has 6 nitrogen and oxygen atoms in total. The second-order valence-electron chi connectivity index (χ2n) is 4.85. The highest BCUT2D eigenvalue weighted by Gasteiger charge is 2.21. The van der Waals surface area contributed by atoms with E-state index in [0.717, 1.165) is 26.1 Å². The topological polar surface area (TPSA) is 73.5 Å². The number of piperidine rings is 1. The zero-order valence-corrected chi connectivity index (χ0v) is 11.6. The molecule has 1 atom stereocenters. The van der Waals surface area contributed by atoms with Gasteiger partial charge in [0.15, 0.2) is 0 Å². The quantitative estimate of drug-likeness (QED) is 0.590. The van der Waals surface area contributed by atoms with Crippen LogP contribution in [0.5, 0.6) is 0 Å². The minimum absolute atomic E-state index is 0.258. The molecule has 19 heavy (non-hydrogen) atoms. The lowest BCUT2D eigenvalue weighted by Crippen LogP contribution is -2.47. The molecule has 3 N–H and O–H groups in total. The number of likely N-dealkylation sites (tertiary alicyclic amines) is 1. The van der Waals surface area contributed by atoms with E-state index in [1.54, 1.807) is 6.08 Å². The predicted octanol–water partition coefficient (Wildman–Crippen LogP) is -0.0704. The Morgan fingerprint density at radius 1 is 1.47 bits per heavy atom. The van der Waals surface area contributed by atoms with Gasteiger partial charge in [0.25, 0.3) is 0 Å². The molecule has 0 spiro atoms. The van der Waals surface area contributed by atoms with E-state index in [0.29, 0.717) is 12.5 Å². The first-order valence-electron chi connectivity index (χ1n) is 6.71. The van der Waals surface area contributed by atoms with Gasteiger partial charge in [-0.15, -0.1) is 6.58 Å². The van der Waals surface area contributed by atoms with Crippen molar-refractivity contribution in [1.29, 1.82) is 0 Å². The van der Waals surface area contributed by atoms with Crippen LogP contribution in [0, 0.1) is 5.92 Å². The van der Waals surface area contributed by atoms with Crippen molar-refractivity contribution in [3.8, 4) is 0 Å². The molecule has 108 valence electrons. The molecule has 1 aliphatic heterocycles. The van der Waals surface area contributed by atoms with Gasteiger partial charge in [0, 0.05) is 13.1 Å². The van der Waals surface area contributed by atoms with Gasteiger partial charge in [-0.05, 0) is 38.9 Å². The molecule has 0 aromatic rings. The van der Waals surface area contributed by atoms with Crippen molar-refractivity contribution in [1.82, 2.24) is 20.9 Å². The molecule has 1 aliphatic rings. The number of amides is 3. The number of imide groups is 1. The first-order chi connectivity index (χ1) is 9.15. The lowest BCUT2D eigenvalue weighted by Gasteiger charge is -2.31. The Labute approximate surface area is 114 Å². The van der Waals surface area contributed by atoms with Crippen LogP contribution >= 0.6 is 0 Å². The number of nitrogens with zero attached hydrogens (tertiary/aromatic N) is 1. The van der Waals surface area contributed by atoms with Crippen LogP contribution in [-0.2, 0) is 4.79 Å². The molecule has 6 heteroatoms. The van der Waals surface area contributed by atoms with Gasteiger partial charge in [-0.2, -0.15) is 0 Å². The molecule has 0 bridgehead atoms. The number of carbonyl (C=O) groups excluding carboxylic acids is 2. The van der Waals surface area contributed by atoms with E-state index in [4.69, 9.17) is 0 Å². The summed E-state index contributed by atoms with van der Waals surface area (Å²) in [6, 6.07) is -0.464. The van der Waals surface area contributed by atoms with Crippen LogP contribution in [0.4, 0.5) is 4.79 Å². The first-order valence-corrected chi connectivity index (χ1v) is 6.71. The maximum absolute atomic E-state index is 11.7. The average Bonchev–Trinajstić information content (AvgIpc) is 2.37. The van der Waals surface area contributed by atoms with Crippen LogP contribution in [0.15, 0.2) is 12.7 Å². The molecule has 1 heterocycles. The van der Waals surface area contributed by atoms with Crippen molar-refractivity contribution in [3.05, 3.63) is 12.7 Å². The van der Waals surface area contributed by atoms with E-state index in [9.17, 15) is 9.59 Å². The highest BCUT2D eigenvalue weighted by atomic mass is 16.2. The largest absolute Gasteiger partial charge is 0.334 e. The Balaban J connectivity index is 2.27. The molecule has 1 fully saturated rings. The molecule has 0 aliphatic carbocycles. The van der Waals surface area contributed by atoms with E-state index in [1.807, 2.05) is 7.05 Å². The van der Waals surface area contributed by atoms with Crippen molar-refractivity contribution in [2.24, 2.45) is 5.92 Å². The number of rotatable bonds is 6. The number of carbonyl (C=O) groups is 2. The smallest absolute Gasteiger partial charge is 0.321 e. The summed E-state index contributed by atoms with van der Waals surface area (Å²) in [7, 11) is 1.94. The molecular formula is C13H24N4O2. The van der Waals surface area contributed by atoms with Gasteiger partial charge in [0.2, 0.25) is 5.91 Å². The molecule has 3 amide bonds. The highest BCUT2D eigenvalue weighted by Crippen LogP contribution is 2.14. The van der Waals surface area contributed by atoms with Gasteiger partial charge in [-0.1, -0.05) is 6.08 Å². The van der Waals surface area contributed by atoms with Crippen molar-refractivity contribution >= 4 is 11.9 Å². The Kier molecular flexibility index (Phi) is 7.14. The molecule has 0 saturated carbocycles. The fourth-order valence-electron chi connectivity index (χ4n) is 2.33. The average molecular weight is 268 g/mol. The standard InChI is InChI=1S/C13H24N4O2/c1-3-6-15-13(19)16-12(18)10-17-7-4-5-11(9-17)8-14-2/h3,11,14H,1,4-10H2,2H3,(H2,15,16,18,19). The summed E-state index contributed by atoms with van der Waals surface area (Å²) in [6.07, 6.45) is 3.86. The summed E-state index contributed by atoms with van der Waals surface area (Å²) in [4.78, 5) is 25.1. The lowest BCUT2D eigenvalue weighted by atomic mass is 9.98. The molecule has 0 aromatic carbocycles. The summed E-state index contributed by atoms with van der Waals surface area (Å²) in [5, 5.41) is 7.99. The fraction of sp³-hybridized carbons (Fsp3) is 0.692. The van der Waals surface area contributed by atoms with Crippen LogP contribution in [0.2, 0.25) is 0 Å². The molecule has 1 rings (SSSR count).